The molecular formula is C21H23N3O2S. The molecule has 1 atom stereocenters. The topological polar surface area (TPSA) is 54.5 Å². The number of piperidine rings is 1. The molecule has 0 aliphatic carbocycles. The summed E-state index contributed by atoms with van der Waals surface area (Å²) in [6.45, 7) is 2.16. The summed E-state index contributed by atoms with van der Waals surface area (Å²) in [6, 6.07) is 16.0. The maximum absolute atomic E-state index is 12.7. The second-order valence-electron chi connectivity index (χ2n) is 6.78. The molecule has 1 amide bonds. The van der Waals surface area contributed by atoms with Crippen molar-refractivity contribution in [3.8, 4) is 5.75 Å². The van der Waals surface area contributed by atoms with E-state index in [0.717, 1.165) is 47.9 Å². The molecule has 1 saturated heterocycles. The highest BCUT2D eigenvalue weighted by Gasteiger charge is 2.27. The Morgan fingerprint density at radius 2 is 2.07 bits per heavy atom. The molecule has 0 radical (unpaired) electrons. The number of carbonyl (C=O) groups excluding carboxylic acids is 1. The minimum absolute atomic E-state index is 0.0135. The van der Waals surface area contributed by atoms with Crippen molar-refractivity contribution in [1.82, 2.24) is 10.3 Å². The van der Waals surface area contributed by atoms with Crippen molar-refractivity contribution in [1.29, 1.82) is 0 Å². The van der Waals surface area contributed by atoms with Crippen molar-refractivity contribution < 1.29 is 9.53 Å². The normalized spacial score (nSPS) is 17.1. The van der Waals surface area contributed by atoms with Gasteiger partial charge in [0.1, 0.15) is 5.75 Å². The van der Waals surface area contributed by atoms with Gasteiger partial charge in [-0.3, -0.25) is 4.79 Å². The summed E-state index contributed by atoms with van der Waals surface area (Å²) in [7, 11) is 1.65. The van der Waals surface area contributed by atoms with Crippen LogP contribution in [0.2, 0.25) is 0 Å². The smallest absolute Gasteiger partial charge is 0.225 e. The van der Waals surface area contributed by atoms with Gasteiger partial charge < -0.3 is 15.0 Å². The number of hydrogen-bond donors (Lipinski definition) is 1. The zero-order valence-corrected chi connectivity index (χ0v) is 16.2. The van der Waals surface area contributed by atoms with E-state index < -0.39 is 0 Å². The molecule has 1 fully saturated rings. The first-order chi connectivity index (χ1) is 13.2. The second-order valence-corrected chi connectivity index (χ2v) is 7.79. The summed E-state index contributed by atoms with van der Waals surface area (Å²) in [5, 5.41) is 4.09. The third kappa shape index (κ3) is 3.90. The summed E-state index contributed by atoms with van der Waals surface area (Å²) < 4.78 is 6.55. The standard InChI is InChI=1S/C21H23N3O2S/c1-26-18-10-4-2-7-15(18)13-22-20(25)16-8-6-12-24(14-16)21-23-17-9-3-5-11-19(17)27-21/h2-5,7,9-11,16H,6,8,12-14H2,1H3,(H,22,25). The Morgan fingerprint density at radius 3 is 2.93 bits per heavy atom. The molecule has 1 N–H and O–H groups in total. The first-order valence-electron chi connectivity index (χ1n) is 9.24. The molecule has 4 rings (SSSR count). The Labute approximate surface area is 163 Å². The van der Waals surface area contributed by atoms with Crippen LogP contribution in [0.1, 0.15) is 18.4 Å². The molecule has 140 valence electrons. The number of thiazole rings is 1. The van der Waals surface area contributed by atoms with Gasteiger partial charge in [0, 0.05) is 25.2 Å². The van der Waals surface area contributed by atoms with E-state index in [4.69, 9.17) is 9.72 Å². The van der Waals surface area contributed by atoms with Crippen molar-refractivity contribution in [3.05, 3.63) is 54.1 Å². The number of aromatic nitrogens is 1. The number of anilines is 1. The molecule has 5 nitrogen and oxygen atoms in total. The lowest BCUT2D eigenvalue weighted by molar-refractivity contribution is -0.125. The predicted molar refractivity (Wildman–Crippen MR) is 109 cm³/mol. The molecular weight excluding hydrogens is 358 g/mol. The number of para-hydroxylation sites is 2. The largest absolute Gasteiger partial charge is 0.496 e. The minimum Gasteiger partial charge on any atom is -0.496 e. The minimum atomic E-state index is -0.0135. The Balaban J connectivity index is 1.40. The number of fused-ring (bicyclic) bond motifs is 1. The lowest BCUT2D eigenvalue weighted by Gasteiger charge is -2.31. The average molecular weight is 382 g/mol. The van der Waals surface area contributed by atoms with E-state index in [1.54, 1.807) is 18.4 Å². The quantitative estimate of drug-likeness (QED) is 0.730. The molecule has 1 aliphatic rings. The van der Waals surface area contributed by atoms with Gasteiger partial charge in [0.2, 0.25) is 5.91 Å². The average Bonchev–Trinajstić information content (AvgIpc) is 3.16. The van der Waals surface area contributed by atoms with Crippen LogP contribution in [-0.2, 0) is 11.3 Å². The highest BCUT2D eigenvalue weighted by Crippen LogP contribution is 2.31. The molecule has 3 aromatic rings. The monoisotopic (exact) mass is 381 g/mol. The number of hydrogen-bond acceptors (Lipinski definition) is 5. The Bertz CT molecular complexity index is 907. The molecule has 27 heavy (non-hydrogen) atoms. The van der Waals surface area contributed by atoms with Gasteiger partial charge in [-0.25, -0.2) is 4.98 Å². The summed E-state index contributed by atoms with van der Waals surface area (Å²) >= 11 is 1.70. The van der Waals surface area contributed by atoms with Gasteiger partial charge in [-0.15, -0.1) is 0 Å². The Kier molecular flexibility index (Phi) is 5.25. The van der Waals surface area contributed by atoms with E-state index in [9.17, 15) is 4.79 Å². The molecule has 1 unspecified atom stereocenters. The van der Waals surface area contributed by atoms with E-state index in [1.165, 1.54) is 4.70 Å². The SMILES string of the molecule is COc1ccccc1CNC(=O)C1CCCN(c2nc3ccccc3s2)C1. The fraction of sp³-hybridized carbons (Fsp3) is 0.333. The molecule has 2 heterocycles. The van der Waals surface area contributed by atoms with Crippen LogP contribution in [-0.4, -0.2) is 31.1 Å². The van der Waals surface area contributed by atoms with Crippen LogP contribution >= 0.6 is 11.3 Å². The zero-order valence-electron chi connectivity index (χ0n) is 15.4. The van der Waals surface area contributed by atoms with Crippen LogP contribution < -0.4 is 15.0 Å². The highest BCUT2D eigenvalue weighted by molar-refractivity contribution is 7.22. The third-order valence-corrected chi connectivity index (χ3v) is 6.09. The number of nitrogens with zero attached hydrogens (tertiary/aromatic N) is 2. The highest BCUT2D eigenvalue weighted by atomic mass is 32.1. The van der Waals surface area contributed by atoms with Crippen LogP contribution in [0.25, 0.3) is 10.2 Å². The van der Waals surface area contributed by atoms with Crippen molar-refractivity contribution in [2.75, 3.05) is 25.1 Å². The Morgan fingerprint density at radius 1 is 1.26 bits per heavy atom. The number of ether oxygens (including phenoxy) is 1. The van der Waals surface area contributed by atoms with Gasteiger partial charge in [-0.05, 0) is 31.0 Å². The summed E-state index contributed by atoms with van der Waals surface area (Å²) in [4.78, 5) is 19.7. The number of methoxy groups -OCH3 is 1. The molecule has 6 heteroatoms. The molecule has 0 bridgehead atoms. The number of rotatable bonds is 5. The first kappa shape index (κ1) is 17.8. The van der Waals surface area contributed by atoms with Crippen molar-refractivity contribution in [2.24, 2.45) is 5.92 Å². The van der Waals surface area contributed by atoms with Crippen molar-refractivity contribution in [2.45, 2.75) is 19.4 Å². The summed E-state index contributed by atoms with van der Waals surface area (Å²) in [6.07, 6.45) is 1.92. The maximum Gasteiger partial charge on any atom is 0.225 e. The predicted octanol–water partition coefficient (Wildman–Crippen LogP) is 3.84. The van der Waals surface area contributed by atoms with Crippen LogP contribution in [0.4, 0.5) is 5.13 Å². The van der Waals surface area contributed by atoms with Crippen molar-refractivity contribution >= 4 is 32.6 Å². The van der Waals surface area contributed by atoms with Gasteiger partial charge in [0.15, 0.2) is 5.13 Å². The van der Waals surface area contributed by atoms with Gasteiger partial charge in [-0.1, -0.05) is 41.7 Å². The lowest BCUT2D eigenvalue weighted by atomic mass is 9.97. The molecule has 0 saturated carbocycles. The number of carbonyl (C=O) groups is 1. The fourth-order valence-corrected chi connectivity index (χ4v) is 4.54. The summed E-state index contributed by atoms with van der Waals surface area (Å²) in [5.41, 5.74) is 2.02. The lowest BCUT2D eigenvalue weighted by Crippen LogP contribution is -2.43. The number of nitrogens with one attached hydrogen (secondary N) is 1. The zero-order chi connectivity index (χ0) is 18.6. The van der Waals surface area contributed by atoms with Crippen molar-refractivity contribution in [3.63, 3.8) is 0 Å². The molecule has 1 aliphatic heterocycles. The first-order valence-corrected chi connectivity index (χ1v) is 10.1. The van der Waals surface area contributed by atoms with E-state index in [1.807, 2.05) is 42.5 Å². The van der Waals surface area contributed by atoms with Crippen LogP contribution in [0.3, 0.4) is 0 Å². The van der Waals surface area contributed by atoms with Gasteiger partial charge in [0.05, 0.1) is 23.2 Å². The van der Waals surface area contributed by atoms with E-state index in [2.05, 4.69) is 16.3 Å². The molecule has 0 spiro atoms. The number of benzene rings is 2. The fourth-order valence-electron chi connectivity index (χ4n) is 3.54. The Hall–Kier alpha value is -2.60. The van der Waals surface area contributed by atoms with E-state index >= 15 is 0 Å². The molecule has 1 aromatic heterocycles. The second kappa shape index (κ2) is 7.96. The number of amides is 1. The van der Waals surface area contributed by atoms with Crippen LogP contribution in [0.5, 0.6) is 5.75 Å². The van der Waals surface area contributed by atoms with Crippen LogP contribution in [0, 0.1) is 5.92 Å². The van der Waals surface area contributed by atoms with E-state index in [-0.39, 0.29) is 11.8 Å². The van der Waals surface area contributed by atoms with Gasteiger partial charge in [0.25, 0.3) is 0 Å². The third-order valence-electron chi connectivity index (χ3n) is 4.99. The maximum atomic E-state index is 12.7. The summed E-state index contributed by atoms with van der Waals surface area (Å²) in [5.74, 6) is 0.893. The van der Waals surface area contributed by atoms with E-state index in [0.29, 0.717) is 6.54 Å². The molecule has 2 aromatic carbocycles. The van der Waals surface area contributed by atoms with Gasteiger partial charge in [-0.2, -0.15) is 0 Å². The van der Waals surface area contributed by atoms with Gasteiger partial charge >= 0.3 is 0 Å². The van der Waals surface area contributed by atoms with Crippen LogP contribution in [0.15, 0.2) is 48.5 Å².